The van der Waals surface area contributed by atoms with E-state index in [0.717, 1.165) is 40.3 Å². The summed E-state index contributed by atoms with van der Waals surface area (Å²) >= 11 is 4.90. The molecule has 0 bridgehead atoms. The number of carbonyl (C=O) groups is 1. The number of carbonyl (C=O) groups excluding carboxylic acids is 1. The molecule has 0 saturated carbocycles. The maximum absolute atomic E-state index is 13.5. The van der Waals surface area contributed by atoms with Crippen LogP contribution >= 0.6 is 27.7 Å². The zero-order valence-corrected chi connectivity index (χ0v) is 24.0. The maximum atomic E-state index is 13.5. The van der Waals surface area contributed by atoms with Crippen LogP contribution in [0.3, 0.4) is 0 Å². The summed E-state index contributed by atoms with van der Waals surface area (Å²) in [6.07, 6.45) is 1.02. The highest BCUT2D eigenvalue weighted by Crippen LogP contribution is 2.34. The number of benzene rings is 2. The lowest BCUT2D eigenvalue weighted by Gasteiger charge is -2.34. The minimum Gasteiger partial charge on any atom is -0.379 e. The summed E-state index contributed by atoms with van der Waals surface area (Å²) in [4.78, 5) is 17.4. The van der Waals surface area contributed by atoms with Crippen LogP contribution in [0.15, 0.2) is 61.6 Å². The van der Waals surface area contributed by atoms with Gasteiger partial charge in [-0.1, -0.05) is 41.5 Å². The molecule has 10 heteroatoms. The summed E-state index contributed by atoms with van der Waals surface area (Å²) in [5.74, 6) is 0.345. The van der Waals surface area contributed by atoms with Crippen molar-refractivity contribution in [2.45, 2.75) is 35.0 Å². The molecule has 2 saturated heterocycles. The monoisotopic (exact) mass is 595 g/mol. The minimum atomic E-state index is -3.70. The highest BCUT2D eigenvalue weighted by Gasteiger charge is 2.32. The Morgan fingerprint density at radius 3 is 2.42 bits per heavy atom. The summed E-state index contributed by atoms with van der Waals surface area (Å²) in [6, 6.07) is 12.8. The van der Waals surface area contributed by atoms with Gasteiger partial charge < -0.3 is 10.1 Å². The molecule has 2 fully saturated rings. The quantitative estimate of drug-likeness (QED) is 0.489. The molecular formula is C26H34BrN3O4S2. The van der Waals surface area contributed by atoms with Gasteiger partial charge in [0.2, 0.25) is 10.0 Å². The fourth-order valence-electron chi connectivity index (χ4n) is 4.76. The summed E-state index contributed by atoms with van der Waals surface area (Å²) < 4.78 is 35.0. The molecule has 1 amide bonds. The van der Waals surface area contributed by atoms with E-state index in [1.165, 1.54) is 11.8 Å². The number of hydrogen-bond donors (Lipinski definition) is 1. The Morgan fingerprint density at radius 1 is 1.08 bits per heavy atom. The molecule has 0 spiro atoms. The van der Waals surface area contributed by atoms with E-state index >= 15 is 0 Å². The van der Waals surface area contributed by atoms with Crippen LogP contribution in [0.4, 0.5) is 0 Å². The summed E-state index contributed by atoms with van der Waals surface area (Å²) in [5, 5.41) is 3.00. The number of halogens is 1. The Morgan fingerprint density at radius 2 is 1.75 bits per heavy atom. The van der Waals surface area contributed by atoms with Gasteiger partial charge in [-0.2, -0.15) is 4.31 Å². The highest BCUT2D eigenvalue weighted by atomic mass is 79.9. The van der Waals surface area contributed by atoms with Gasteiger partial charge in [-0.15, -0.1) is 0 Å². The summed E-state index contributed by atoms with van der Waals surface area (Å²) in [6.45, 7) is 9.50. The minimum absolute atomic E-state index is 0.169. The predicted octanol–water partition coefficient (Wildman–Crippen LogP) is 4.33. The molecule has 2 heterocycles. The van der Waals surface area contributed by atoms with Crippen LogP contribution in [-0.4, -0.2) is 76.0 Å². The lowest BCUT2D eigenvalue weighted by atomic mass is 9.94. The van der Waals surface area contributed by atoms with Crippen molar-refractivity contribution in [3.05, 3.63) is 52.5 Å². The number of rotatable bonds is 8. The summed E-state index contributed by atoms with van der Waals surface area (Å²) in [5.41, 5.74) is 0.379. The Labute approximate surface area is 227 Å². The number of hydrogen-bond acceptors (Lipinski definition) is 6. The van der Waals surface area contributed by atoms with Crippen molar-refractivity contribution in [2.24, 2.45) is 11.8 Å². The van der Waals surface area contributed by atoms with Crippen molar-refractivity contribution in [2.75, 3.05) is 52.5 Å². The van der Waals surface area contributed by atoms with Crippen LogP contribution in [0.25, 0.3) is 0 Å². The van der Waals surface area contributed by atoms with Gasteiger partial charge in [0.05, 0.1) is 23.7 Å². The van der Waals surface area contributed by atoms with Gasteiger partial charge >= 0.3 is 0 Å². The lowest BCUT2D eigenvalue weighted by Crippen LogP contribution is -2.42. The standard InChI is InChI=1S/C26H34BrN3O4S2/c1-19-15-20(2)18-30(17-19)36(32,33)23-7-8-25(35-22-5-3-21(27)4-6-22)24(16-23)26(31)28-9-10-29-11-13-34-14-12-29/h3-8,16,19-20H,9-15,17-18H2,1-2H3,(H,28,31). The van der Waals surface area contributed by atoms with E-state index in [9.17, 15) is 13.2 Å². The van der Waals surface area contributed by atoms with Crippen molar-refractivity contribution >= 4 is 43.6 Å². The average Bonchev–Trinajstić information content (AvgIpc) is 2.85. The first kappa shape index (κ1) is 27.6. The van der Waals surface area contributed by atoms with Gasteiger partial charge in [0.15, 0.2) is 0 Å². The van der Waals surface area contributed by atoms with Crippen LogP contribution < -0.4 is 5.32 Å². The molecule has 0 aliphatic carbocycles. The van der Waals surface area contributed by atoms with E-state index < -0.39 is 10.0 Å². The van der Waals surface area contributed by atoms with Crippen molar-refractivity contribution < 1.29 is 17.9 Å². The van der Waals surface area contributed by atoms with E-state index in [2.05, 4.69) is 40.0 Å². The van der Waals surface area contributed by atoms with Crippen LogP contribution in [0.2, 0.25) is 0 Å². The molecule has 2 atom stereocenters. The second-order valence-corrected chi connectivity index (χ2v) is 13.7. The van der Waals surface area contributed by atoms with E-state index in [1.807, 2.05) is 24.3 Å². The largest absolute Gasteiger partial charge is 0.379 e. The van der Waals surface area contributed by atoms with Gasteiger partial charge in [0, 0.05) is 53.5 Å². The molecule has 2 unspecified atom stereocenters. The molecule has 2 aliphatic rings. The molecular weight excluding hydrogens is 562 g/mol. The van der Waals surface area contributed by atoms with Gasteiger partial charge in [-0.3, -0.25) is 9.69 Å². The molecule has 2 aliphatic heterocycles. The second-order valence-electron chi connectivity index (χ2n) is 9.69. The van der Waals surface area contributed by atoms with Gasteiger partial charge in [-0.25, -0.2) is 8.42 Å². The first-order chi connectivity index (χ1) is 17.2. The van der Waals surface area contributed by atoms with Crippen molar-refractivity contribution in [1.82, 2.24) is 14.5 Å². The Balaban J connectivity index is 1.57. The second kappa shape index (κ2) is 12.4. The van der Waals surface area contributed by atoms with Crippen LogP contribution in [0.5, 0.6) is 0 Å². The zero-order chi connectivity index (χ0) is 25.7. The summed E-state index contributed by atoms with van der Waals surface area (Å²) in [7, 11) is -3.70. The predicted molar refractivity (Wildman–Crippen MR) is 146 cm³/mol. The van der Waals surface area contributed by atoms with Crippen LogP contribution in [0.1, 0.15) is 30.6 Å². The fraction of sp³-hybridized carbons (Fsp3) is 0.500. The SMILES string of the molecule is CC1CC(C)CN(S(=O)(=O)c2ccc(Sc3ccc(Br)cc3)c(C(=O)NCCN3CCOCC3)c2)C1. The number of nitrogens with zero attached hydrogens (tertiary/aromatic N) is 2. The molecule has 4 rings (SSSR count). The van der Waals surface area contributed by atoms with E-state index in [4.69, 9.17) is 4.74 Å². The lowest BCUT2D eigenvalue weighted by molar-refractivity contribution is 0.0383. The van der Waals surface area contributed by atoms with Crippen molar-refractivity contribution in [3.63, 3.8) is 0 Å². The Kier molecular flexibility index (Phi) is 9.51. The van der Waals surface area contributed by atoms with Gasteiger partial charge in [-0.05, 0) is 60.7 Å². The van der Waals surface area contributed by atoms with Gasteiger partial charge in [0.1, 0.15) is 0 Å². The number of amides is 1. The highest BCUT2D eigenvalue weighted by molar-refractivity contribution is 9.10. The third kappa shape index (κ3) is 7.11. The smallest absolute Gasteiger partial charge is 0.252 e. The number of morpholine rings is 1. The molecule has 2 aromatic rings. The van der Waals surface area contributed by atoms with Crippen LogP contribution in [0, 0.1) is 11.8 Å². The molecule has 1 N–H and O–H groups in total. The van der Waals surface area contributed by atoms with E-state index in [0.29, 0.717) is 50.2 Å². The Bertz CT molecular complexity index is 1140. The third-order valence-electron chi connectivity index (χ3n) is 6.53. The van der Waals surface area contributed by atoms with E-state index in [1.54, 1.807) is 22.5 Å². The number of sulfonamides is 1. The zero-order valence-electron chi connectivity index (χ0n) is 20.8. The maximum Gasteiger partial charge on any atom is 0.252 e. The molecule has 0 aromatic heterocycles. The molecule has 196 valence electrons. The molecule has 2 aromatic carbocycles. The van der Waals surface area contributed by atoms with Crippen LogP contribution in [-0.2, 0) is 14.8 Å². The molecule has 36 heavy (non-hydrogen) atoms. The molecule has 7 nitrogen and oxygen atoms in total. The number of piperidine rings is 1. The average molecular weight is 597 g/mol. The van der Waals surface area contributed by atoms with Crippen molar-refractivity contribution in [3.8, 4) is 0 Å². The Hall–Kier alpha value is -1.43. The van der Waals surface area contributed by atoms with Crippen molar-refractivity contribution in [1.29, 1.82) is 0 Å². The number of ether oxygens (including phenoxy) is 1. The fourth-order valence-corrected chi connectivity index (χ4v) is 7.66. The van der Waals surface area contributed by atoms with Gasteiger partial charge in [0.25, 0.3) is 5.91 Å². The molecule has 0 radical (unpaired) electrons. The van der Waals surface area contributed by atoms with E-state index in [-0.39, 0.29) is 10.8 Å². The third-order valence-corrected chi connectivity index (χ3v) is 9.97. The topological polar surface area (TPSA) is 79.0 Å². The number of nitrogens with one attached hydrogen (secondary N) is 1. The first-order valence-corrected chi connectivity index (χ1v) is 15.4. The first-order valence-electron chi connectivity index (χ1n) is 12.4. The normalized spacial score (nSPS) is 21.9.